The van der Waals surface area contributed by atoms with Crippen LogP contribution in [0.2, 0.25) is 0 Å². The Balaban J connectivity index is 1.55. The van der Waals surface area contributed by atoms with Crippen molar-refractivity contribution < 1.29 is 4.39 Å². The first kappa shape index (κ1) is 15.3. The van der Waals surface area contributed by atoms with Crippen molar-refractivity contribution >= 4 is 11.0 Å². The van der Waals surface area contributed by atoms with Crippen molar-refractivity contribution in [2.75, 3.05) is 13.1 Å². The molecule has 0 spiro atoms. The number of halogens is 1. The number of hydrogen-bond donors (Lipinski definition) is 0. The Labute approximate surface area is 140 Å². The molecule has 0 bridgehead atoms. The standard InChI is InChI=1S/C19H21FN4/c1-23-19-17(5-2-10-21-19)18(22-23)15-4-3-11-24(13-15)12-14-6-8-16(20)9-7-14/h2,5-10,15H,3-4,11-13H2,1H3/t15-/m0/s1. The number of pyridine rings is 1. The van der Waals surface area contributed by atoms with Crippen LogP contribution in [0.4, 0.5) is 4.39 Å². The topological polar surface area (TPSA) is 34.0 Å². The lowest BCUT2D eigenvalue weighted by Crippen LogP contribution is -2.34. The summed E-state index contributed by atoms with van der Waals surface area (Å²) in [5.41, 5.74) is 3.26. The summed E-state index contributed by atoms with van der Waals surface area (Å²) in [5.74, 6) is 0.245. The molecule has 0 saturated carbocycles. The van der Waals surface area contributed by atoms with Gasteiger partial charge < -0.3 is 0 Å². The highest BCUT2D eigenvalue weighted by molar-refractivity contribution is 5.78. The SMILES string of the molecule is Cn1nc([C@H]2CCCN(Cc3ccc(F)cc3)C2)c2cccnc21. The van der Waals surface area contributed by atoms with Crippen LogP contribution in [-0.2, 0) is 13.6 Å². The summed E-state index contributed by atoms with van der Waals surface area (Å²) < 4.78 is 14.9. The van der Waals surface area contributed by atoms with Crippen molar-refractivity contribution in [3.8, 4) is 0 Å². The summed E-state index contributed by atoms with van der Waals surface area (Å²) in [5, 5.41) is 5.91. The van der Waals surface area contributed by atoms with Crippen LogP contribution in [0.3, 0.4) is 0 Å². The van der Waals surface area contributed by atoms with E-state index in [0.29, 0.717) is 5.92 Å². The third kappa shape index (κ3) is 2.91. The maximum Gasteiger partial charge on any atom is 0.157 e. The third-order valence-electron chi connectivity index (χ3n) is 4.84. The van der Waals surface area contributed by atoms with Crippen LogP contribution >= 0.6 is 0 Å². The minimum Gasteiger partial charge on any atom is -0.298 e. The number of nitrogens with zero attached hydrogens (tertiary/aromatic N) is 4. The number of rotatable bonds is 3. The molecule has 1 atom stereocenters. The molecule has 0 N–H and O–H groups in total. The van der Waals surface area contributed by atoms with Crippen molar-refractivity contribution in [1.29, 1.82) is 0 Å². The molecule has 4 rings (SSSR count). The van der Waals surface area contributed by atoms with Gasteiger partial charge in [0.05, 0.1) is 5.69 Å². The molecular weight excluding hydrogens is 303 g/mol. The molecule has 1 fully saturated rings. The quantitative estimate of drug-likeness (QED) is 0.739. The van der Waals surface area contributed by atoms with Gasteiger partial charge in [0, 0.05) is 37.6 Å². The Hall–Kier alpha value is -2.27. The van der Waals surface area contributed by atoms with Crippen LogP contribution in [0.25, 0.3) is 11.0 Å². The van der Waals surface area contributed by atoms with E-state index >= 15 is 0 Å². The molecule has 1 aliphatic rings. The largest absolute Gasteiger partial charge is 0.298 e. The minimum atomic E-state index is -0.178. The zero-order valence-corrected chi connectivity index (χ0v) is 13.8. The number of fused-ring (bicyclic) bond motifs is 1. The normalized spacial score (nSPS) is 19.0. The fourth-order valence-electron chi connectivity index (χ4n) is 3.69. The first-order valence-corrected chi connectivity index (χ1v) is 8.45. The summed E-state index contributed by atoms with van der Waals surface area (Å²) in [6, 6.07) is 10.9. The molecule has 0 radical (unpaired) electrons. The maximum absolute atomic E-state index is 13.1. The van der Waals surface area contributed by atoms with Crippen LogP contribution in [0.1, 0.15) is 30.0 Å². The molecule has 3 aromatic rings. The second kappa shape index (κ2) is 6.32. The summed E-state index contributed by atoms with van der Waals surface area (Å²) in [4.78, 5) is 6.89. The van der Waals surface area contributed by atoms with Crippen molar-refractivity contribution in [1.82, 2.24) is 19.7 Å². The van der Waals surface area contributed by atoms with E-state index < -0.39 is 0 Å². The second-order valence-corrected chi connectivity index (χ2v) is 6.58. The first-order chi connectivity index (χ1) is 11.7. The van der Waals surface area contributed by atoms with Gasteiger partial charge in [-0.15, -0.1) is 0 Å². The minimum absolute atomic E-state index is 0.178. The Morgan fingerprint density at radius 2 is 2.04 bits per heavy atom. The lowest BCUT2D eigenvalue weighted by Gasteiger charge is -2.32. The average Bonchev–Trinajstić information content (AvgIpc) is 2.95. The first-order valence-electron chi connectivity index (χ1n) is 8.45. The van der Waals surface area contributed by atoms with E-state index in [1.54, 1.807) is 0 Å². The lowest BCUT2D eigenvalue weighted by molar-refractivity contribution is 0.198. The molecule has 124 valence electrons. The third-order valence-corrected chi connectivity index (χ3v) is 4.84. The highest BCUT2D eigenvalue weighted by Crippen LogP contribution is 2.31. The van der Waals surface area contributed by atoms with Gasteiger partial charge in [0.15, 0.2) is 5.65 Å². The van der Waals surface area contributed by atoms with Crippen LogP contribution in [0, 0.1) is 5.82 Å². The van der Waals surface area contributed by atoms with Gasteiger partial charge in [-0.1, -0.05) is 12.1 Å². The van der Waals surface area contributed by atoms with E-state index in [0.717, 1.165) is 54.8 Å². The summed E-state index contributed by atoms with van der Waals surface area (Å²) in [6.45, 7) is 2.93. The Bertz CT molecular complexity index is 840. The van der Waals surface area contributed by atoms with E-state index in [2.05, 4.69) is 16.0 Å². The van der Waals surface area contributed by atoms with Crippen molar-refractivity contribution in [3.05, 3.63) is 59.7 Å². The van der Waals surface area contributed by atoms with Crippen LogP contribution in [0.5, 0.6) is 0 Å². The Kier molecular flexibility index (Phi) is 4.02. The monoisotopic (exact) mass is 324 g/mol. The van der Waals surface area contributed by atoms with Gasteiger partial charge in [0.1, 0.15) is 5.82 Å². The van der Waals surface area contributed by atoms with E-state index in [1.165, 1.54) is 12.1 Å². The van der Waals surface area contributed by atoms with E-state index in [4.69, 9.17) is 5.10 Å². The molecule has 24 heavy (non-hydrogen) atoms. The van der Waals surface area contributed by atoms with Crippen LogP contribution < -0.4 is 0 Å². The number of likely N-dealkylation sites (tertiary alicyclic amines) is 1. The van der Waals surface area contributed by atoms with Crippen molar-refractivity contribution in [2.45, 2.75) is 25.3 Å². The molecule has 1 saturated heterocycles. The highest BCUT2D eigenvalue weighted by atomic mass is 19.1. The second-order valence-electron chi connectivity index (χ2n) is 6.58. The van der Waals surface area contributed by atoms with Crippen molar-refractivity contribution in [2.24, 2.45) is 7.05 Å². The maximum atomic E-state index is 13.1. The summed E-state index contributed by atoms with van der Waals surface area (Å²) in [7, 11) is 1.96. The number of benzene rings is 1. The molecule has 5 heteroatoms. The highest BCUT2D eigenvalue weighted by Gasteiger charge is 2.25. The molecule has 0 amide bonds. The van der Waals surface area contributed by atoms with Gasteiger partial charge in [-0.05, 0) is 49.2 Å². The van der Waals surface area contributed by atoms with Gasteiger partial charge in [-0.3, -0.25) is 9.58 Å². The molecule has 4 nitrogen and oxygen atoms in total. The van der Waals surface area contributed by atoms with E-state index in [1.807, 2.05) is 36.1 Å². The smallest absolute Gasteiger partial charge is 0.157 e. The number of piperidine rings is 1. The van der Waals surface area contributed by atoms with Gasteiger partial charge >= 0.3 is 0 Å². The molecule has 0 aliphatic carbocycles. The Morgan fingerprint density at radius 3 is 2.88 bits per heavy atom. The molecular formula is C19H21FN4. The lowest BCUT2D eigenvalue weighted by atomic mass is 9.93. The van der Waals surface area contributed by atoms with E-state index in [-0.39, 0.29) is 5.82 Å². The van der Waals surface area contributed by atoms with Crippen molar-refractivity contribution in [3.63, 3.8) is 0 Å². The molecule has 2 aromatic heterocycles. The molecule has 1 aliphatic heterocycles. The predicted octanol–water partition coefficient (Wildman–Crippen LogP) is 3.49. The number of aryl methyl sites for hydroxylation is 1. The number of hydrogen-bond acceptors (Lipinski definition) is 3. The fourth-order valence-corrected chi connectivity index (χ4v) is 3.69. The van der Waals surface area contributed by atoms with Crippen LogP contribution in [-0.4, -0.2) is 32.8 Å². The summed E-state index contributed by atoms with van der Waals surface area (Å²) in [6.07, 6.45) is 4.13. The Morgan fingerprint density at radius 1 is 1.21 bits per heavy atom. The van der Waals surface area contributed by atoms with Gasteiger partial charge in [0.25, 0.3) is 0 Å². The fraction of sp³-hybridized carbons (Fsp3) is 0.368. The van der Waals surface area contributed by atoms with Gasteiger partial charge in [-0.25, -0.2) is 9.37 Å². The average molecular weight is 324 g/mol. The summed E-state index contributed by atoms with van der Waals surface area (Å²) >= 11 is 0. The predicted molar refractivity (Wildman–Crippen MR) is 92.2 cm³/mol. The van der Waals surface area contributed by atoms with E-state index in [9.17, 15) is 4.39 Å². The molecule has 0 unspecified atom stereocenters. The zero-order valence-electron chi connectivity index (χ0n) is 13.8. The van der Waals surface area contributed by atoms with Gasteiger partial charge in [0.2, 0.25) is 0 Å². The zero-order chi connectivity index (χ0) is 16.5. The van der Waals surface area contributed by atoms with Crippen LogP contribution in [0.15, 0.2) is 42.6 Å². The molecule has 1 aromatic carbocycles. The van der Waals surface area contributed by atoms with Gasteiger partial charge in [-0.2, -0.15) is 5.10 Å². The molecule has 3 heterocycles. The number of aromatic nitrogens is 3.